The second kappa shape index (κ2) is 4.90. The van der Waals surface area contributed by atoms with Gasteiger partial charge >= 0.3 is 0 Å². The molecule has 4 heteroatoms. The van der Waals surface area contributed by atoms with E-state index in [1.807, 2.05) is 18.3 Å². The van der Waals surface area contributed by atoms with Gasteiger partial charge in [-0.2, -0.15) is 0 Å². The van der Waals surface area contributed by atoms with Gasteiger partial charge in [-0.25, -0.2) is 0 Å². The molecule has 1 aliphatic rings. The maximum absolute atomic E-state index is 11.7. The number of carbonyl (C=O) groups excluding carboxylic acids is 1. The number of nitrogens with zero attached hydrogens (tertiary/aromatic N) is 1. The largest absolute Gasteiger partial charge is 0.350 e. The number of Topliss-reactive ketones (excluding diaryl/α,β-unsaturated/α-hetero) is 1. The van der Waals surface area contributed by atoms with E-state index in [9.17, 15) is 4.79 Å². The number of hydrogen-bond donors (Lipinski definition) is 0. The number of thiophene rings is 1. The quantitative estimate of drug-likeness (QED) is 0.833. The molecule has 0 saturated heterocycles. The fourth-order valence-electron chi connectivity index (χ4n) is 2.51. The van der Waals surface area contributed by atoms with Crippen LogP contribution in [0.25, 0.3) is 0 Å². The molecule has 0 radical (unpaired) electrons. The molecule has 2 nitrogen and oxygen atoms in total. The van der Waals surface area contributed by atoms with E-state index in [4.69, 9.17) is 11.6 Å². The highest BCUT2D eigenvalue weighted by Gasteiger charge is 2.20. The molecule has 0 unspecified atom stereocenters. The number of aromatic nitrogens is 1. The van der Waals surface area contributed by atoms with Crippen LogP contribution in [-0.2, 0) is 19.4 Å². The van der Waals surface area contributed by atoms with E-state index in [-0.39, 0.29) is 0 Å². The van der Waals surface area contributed by atoms with E-state index >= 15 is 0 Å². The standard InChI is InChI=1S/C14H14ClNOS/c15-14-5-4-10(18-14)6-8-16-9-7-11-12(16)2-1-3-13(11)17/h4-5,7,9H,1-3,6,8H2. The van der Waals surface area contributed by atoms with Gasteiger partial charge in [0.15, 0.2) is 5.78 Å². The molecule has 0 bridgehead atoms. The smallest absolute Gasteiger partial charge is 0.164 e. The van der Waals surface area contributed by atoms with Crippen molar-refractivity contribution >= 4 is 28.7 Å². The number of hydrogen-bond acceptors (Lipinski definition) is 2. The highest BCUT2D eigenvalue weighted by molar-refractivity contribution is 7.16. The third kappa shape index (κ3) is 2.25. The Bertz CT molecular complexity index is 584. The number of aryl methyl sites for hydroxylation is 2. The summed E-state index contributed by atoms with van der Waals surface area (Å²) in [5, 5.41) is 0. The van der Waals surface area contributed by atoms with Gasteiger partial charge in [0, 0.05) is 35.3 Å². The summed E-state index contributed by atoms with van der Waals surface area (Å²) in [7, 11) is 0. The summed E-state index contributed by atoms with van der Waals surface area (Å²) in [6, 6.07) is 5.99. The third-order valence-electron chi connectivity index (χ3n) is 3.42. The molecule has 0 saturated carbocycles. The molecule has 2 aromatic rings. The Balaban J connectivity index is 1.75. The lowest BCUT2D eigenvalue weighted by atomic mass is 9.97. The van der Waals surface area contributed by atoms with E-state index in [0.717, 1.165) is 35.7 Å². The van der Waals surface area contributed by atoms with Gasteiger partial charge in [0.05, 0.1) is 4.34 Å². The Hall–Kier alpha value is -1.06. The summed E-state index contributed by atoms with van der Waals surface area (Å²) in [6.45, 7) is 0.930. The van der Waals surface area contributed by atoms with Crippen molar-refractivity contribution in [2.24, 2.45) is 0 Å². The Kier molecular flexibility index (Phi) is 3.27. The Labute approximate surface area is 115 Å². The van der Waals surface area contributed by atoms with Crippen LogP contribution in [0.15, 0.2) is 24.4 Å². The first-order chi connectivity index (χ1) is 8.74. The van der Waals surface area contributed by atoms with Gasteiger partial charge in [-0.05, 0) is 37.5 Å². The van der Waals surface area contributed by atoms with Crippen LogP contribution in [0.3, 0.4) is 0 Å². The van der Waals surface area contributed by atoms with Gasteiger partial charge in [0.1, 0.15) is 0 Å². The predicted octanol–water partition coefficient (Wildman–Crippen LogP) is 3.96. The number of carbonyl (C=O) groups is 1. The van der Waals surface area contributed by atoms with Crippen molar-refractivity contribution in [3.63, 3.8) is 0 Å². The Morgan fingerprint density at radius 1 is 1.28 bits per heavy atom. The molecule has 3 rings (SSSR count). The monoisotopic (exact) mass is 279 g/mol. The summed E-state index contributed by atoms with van der Waals surface area (Å²) in [4.78, 5) is 13.0. The predicted molar refractivity (Wildman–Crippen MR) is 74.7 cm³/mol. The lowest BCUT2D eigenvalue weighted by Crippen LogP contribution is -2.13. The van der Waals surface area contributed by atoms with Crippen LogP contribution in [-0.4, -0.2) is 10.4 Å². The van der Waals surface area contributed by atoms with Crippen molar-refractivity contribution in [2.45, 2.75) is 32.2 Å². The zero-order valence-electron chi connectivity index (χ0n) is 9.99. The first-order valence-electron chi connectivity index (χ1n) is 6.19. The average molecular weight is 280 g/mol. The summed E-state index contributed by atoms with van der Waals surface area (Å²) in [6.07, 6.45) is 5.74. The molecule has 1 aliphatic carbocycles. The van der Waals surface area contributed by atoms with Crippen molar-refractivity contribution in [3.8, 4) is 0 Å². The first kappa shape index (κ1) is 12.0. The first-order valence-corrected chi connectivity index (χ1v) is 7.39. The van der Waals surface area contributed by atoms with E-state index in [1.54, 1.807) is 11.3 Å². The molecule has 0 N–H and O–H groups in total. The Morgan fingerprint density at radius 3 is 2.94 bits per heavy atom. The average Bonchev–Trinajstić information content (AvgIpc) is 2.94. The van der Waals surface area contributed by atoms with Crippen LogP contribution in [0.5, 0.6) is 0 Å². The minimum absolute atomic E-state index is 0.300. The molecule has 0 amide bonds. The van der Waals surface area contributed by atoms with Crippen molar-refractivity contribution in [2.75, 3.05) is 0 Å². The van der Waals surface area contributed by atoms with Crippen LogP contribution < -0.4 is 0 Å². The molecule has 0 aliphatic heterocycles. The third-order valence-corrected chi connectivity index (χ3v) is 4.72. The molecule has 18 heavy (non-hydrogen) atoms. The van der Waals surface area contributed by atoms with Crippen LogP contribution in [0, 0.1) is 0 Å². The van der Waals surface area contributed by atoms with Gasteiger partial charge in [0.25, 0.3) is 0 Å². The van der Waals surface area contributed by atoms with Crippen molar-refractivity contribution in [1.29, 1.82) is 0 Å². The topological polar surface area (TPSA) is 22.0 Å². The molecule has 94 valence electrons. The number of fused-ring (bicyclic) bond motifs is 1. The van der Waals surface area contributed by atoms with Crippen molar-refractivity contribution in [1.82, 2.24) is 4.57 Å². The molecule has 2 aromatic heterocycles. The summed E-state index contributed by atoms with van der Waals surface area (Å²) in [5.41, 5.74) is 2.15. The van der Waals surface area contributed by atoms with Gasteiger partial charge in [-0.15, -0.1) is 11.3 Å². The zero-order valence-corrected chi connectivity index (χ0v) is 11.6. The lowest BCUT2D eigenvalue weighted by molar-refractivity contribution is 0.0972. The Morgan fingerprint density at radius 2 is 2.17 bits per heavy atom. The van der Waals surface area contributed by atoms with E-state index in [0.29, 0.717) is 12.2 Å². The molecular weight excluding hydrogens is 266 g/mol. The highest BCUT2D eigenvalue weighted by atomic mass is 35.5. The van der Waals surface area contributed by atoms with E-state index in [1.165, 1.54) is 10.6 Å². The second-order valence-electron chi connectivity index (χ2n) is 4.60. The molecule has 0 aromatic carbocycles. The van der Waals surface area contributed by atoms with Crippen LogP contribution in [0.2, 0.25) is 4.34 Å². The summed E-state index contributed by atoms with van der Waals surface area (Å²) in [5.74, 6) is 0.300. The molecule has 0 atom stereocenters. The summed E-state index contributed by atoms with van der Waals surface area (Å²) >= 11 is 7.56. The van der Waals surface area contributed by atoms with E-state index in [2.05, 4.69) is 10.6 Å². The van der Waals surface area contributed by atoms with Gasteiger partial charge in [0.2, 0.25) is 0 Å². The fraction of sp³-hybridized carbons (Fsp3) is 0.357. The SMILES string of the molecule is O=C1CCCc2c1ccn2CCc1ccc(Cl)s1. The van der Waals surface area contributed by atoms with E-state index < -0.39 is 0 Å². The highest BCUT2D eigenvalue weighted by Crippen LogP contribution is 2.25. The number of halogens is 1. The minimum Gasteiger partial charge on any atom is -0.350 e. The normalized spacial score (nSPS) is 14.8. The van der Waals surface area contributed by atoms with Gasteiger partial charge < -0.3 is 4.57 Å². The maximum atomic E-state index is 11.7. The van der Waals surface area contributed by atoms with Crippen LogP contribution >= 0.6 is 22.9 Å². The zero-order chi connectivity index (χ0) is 12.5. The number of ketones is 1. The molecular formula is C14H14ClNOS. The van der Waals surface area contributed by atoms with Gasteiger partial charge in [-0.3, -0.25) is 4.79 Å². The van der Waals surface area contributed by atoms with Gasteiger partial charge in [-0.1, -0.05) is 11.6 Å². The fourth-order valence-corrected chi connectivity index (χ4v) is 3.59. The molecule has 2 heterocycles. The molecule has 0 spiro atoms. The minimum atomic E-state index is 0.300. The maximum Gasteiger partial charge on any atom is 0.164 e. The lowest BCUT2D eigenvalue weighted by Gasteiger charge is -2.14. The van der Waals surface area contributed by atoms with Crippen molar-refractivity contribution in [3.05, 3.63) is 44.9 Å². The van der Waals surface area contributed by atoms with Crippen LogP contribution in [0.4, 0.5) is 0 Å². The number of rotatable bonds is 3. The molecule has 0 fully saturated rings. The second-order valence-corrected chi connectivity index (χ2v) is 6.40. The van der Waals surface area contributed by atoms with Crippen LogP contribution in [0.1, 0.15) is 33.8 Å². The van der Waals surface area contributed by atoms with Crippen molar-refractivity contribution < 1.29 is 4.79 Å². The summed E-state index contributed by atoms with van der Waals surface area (Å²) < 4.78 is 3.06.